The predicted octanol–water partition coefficient (Wildman–Crippen LogP) is 2.95. The fourth-order valence-electron chi connectivity index (χ4n) is 1.19. The van der Waals surface area contributed by atoms with Crippen LogP contribution in [0.15, 0.2) is 34.2 Å². The van der Waals surface area contributed by atoms with Gasteiger partial charge >= 0.3 is 0 Å². The summed E-state index contributed by atoms with van der Waals surface area (Å²) in [5.41, 5.74) is 5.80. The van der Waals surface area contributed by atoms with Crippen LogP contribution in [0.5, 0.6) is 0 Å². The summed E-state index contributed by atoms with van der Waals surface area (Å²) in [6.07, 6.45) is 2.38. The number of nitrogens with two attached hydrogens (primary N) is 1. The molecule has 1 aromatic carbocycles. The van der Waals surface area contributed by atoms with Gasteiger partial charge in [-0.15, -0.1) is 11.8 Å². The van der Waals surface area contributed by atoms with Gasteiger partial charge in [0.25, 0.3) is 0 Å². The second kappa shape index (κ2) is 4.90. The zero-order valence-electron chi connectivity index (χ0n) is 8.32. The Morgan fingerprint density at radius 2 is 2.20 bits per heavy atom. The van der Waals surface area contributed by atoms with Gasteiger partial charge in [0.15, 0.2) is 0 Å². The molecule has 0 aliphatic heterocycles. The van der Waals surface area contributed by atoms with Gasteiger partial charge in [-0.3, -0.25) is 4.99 Å². The van der Waals surface area contributed by atoms with E-state index in [4.69, 9.17) is 17.3 Å². The molecule has 0 heterocycles. The highest BCUT2D eigenvalue weighted by Gasteiger charge is 2.20. The average molecular weight is 241 g/mol. The number of thioether (sulfide) groups is 1. The van der Waals surface area contributed by atoms with Gasteiger partial charge in [0, 0.05) is 4.90 Å². The maximum absolute atomic E-state index is 6.02. The first-order valence-corrected chi connectivity index (χ1v) is 6.31. The predicted molar refractivity (Wildman–Crippen MR) is 66.8 cm³/mol. The topological polar surface area (TPSA) is 38.4 Å². The molecule has 2 rings (SSSR count). The second-order valence-corrected chi connectivity index (χ2v) is 5.00. The zero-order valence-corrected chi connectivity index (χ0v) is 9.89. The number of benzene rings is 1. The minimum absolute atomic E-state index is 0.497. The Hall–Kier alpha value is -0.670. The smallest absolute Gasteiger partial charge is 0.104 e. The van der Waals surface area contributed by atoms with Crippen molar-refractivity contribution in [3.63, 3.8) is 0 Å². The first kappa shape index (κ1) is 10.8. The molecule has 0 spiro atoms. The molecule has 1 fully saturated rings. The third kappa shape index (κ3) is 3.43. The Kier molecular flexibility index (Phi) is 3.54. The molecule has 15 heavy (non-hydrogen) atoms. The van der Waals surface area contributed by atoms with Crippen LogP contribution in [0.4, 0.5) is 0 Å². The number of nitrogens with zero attached hydrogens (tertiary/aromatic N) is 1. The van der Waals surface area contributed by atoms with Crippen molar-refractivity contribution in [2.45, 2.75) is 23.8 Å². The Morgan fingerprint density at radius 3 is 2.87 bits per heavy atom. The van der Waals surface area contributed by atoms with Crippen molar-refractivity contribution in [2.24, 2.45) is 10.7 Å². The van der Waals surface area contributed by atoms with Crippen LogP contribution in [0.3, 0.4) is 0 Å². The first-order chi connectivity index (χ1) is 7.25. The summed E-state index contributed by atoms with van der Waals surface area (Å²) < 4.78 is 0. The van der Waals surface area contributed by atoms with E-state index >= 15 is 0 Å². The molecule has 80 valence electrons. The van der Waals surface area contributed by atoms with E-state index in [1.165, 1.54) is 12.8 Å². The number of hydrogen-bond donors (Lipinski definition) is 1. The SMILES string of the molecule is NC(CSc1ccccc1Cl)=NC1CC1. The van der Waals surface area contributed by atoms with Gasteiger partial charge in [-0.2, -0.15) is 0 Å². The van der Waals surface area contributed by atoms with Crippen molar-refractivity contribution in [3.8, 4) is 0 Å². The third-order valence-electron chi connectivity index (χ3n) is 2.11. The van der Waals surface area contributed by atoms with Crippen molar-refractivity contribution in [3.05, 3.63) is 29.3 Å². The maximum atomic E-state index is 6.02. The summed E-state index contributed by atoms with van der Waals surface area (Å²) in [4.78, 5) is 5.43. The summed E-state index contributed by atoms with van der Waals surface area (Å²) in [5.74, 6) is 1.45. The normalized spacial score (nSPS) is 16.7. The highest BCUT2D eigenvalue weighted by Crippen LogP contribution is 2.27. The van der Waals surface area contributed by atoms with Gasteiger partial charge < -0.3 is 5.73 Å². The fourth-order valence-corrected chi connectivity index (χ4v) is 2.25. The minimum atomic E-state index is 0.497. The summed E-state index contributed by atoms with van der Waals surface area (Å²) in [6.45, 7) is 0. The summed E-state index contributed by atoms with van der Waals surface area (Å²) in [7, 11) is 0. The van der Waals surface area contributed by atoms with Gasteiger partial charge in [-0.25, -0.2) is 0 Å². The molecular weight excluding hydrogens is 228 g/mol. The van der Waals surface area contributed by atoms with Crippen LogP contribution in [-0.4, -0.2) is 17.6 Å². The van der Waals surface area contributed by atoms with Crippen molar-refractivity contribution >= 4 is 29.2 Å². The van der Waals surface area contributed by atoms with E-state index in [1.54, 1.807) is 11.8 Å². The monoisotopic (exact) mass is 240 g/mol. The molecule has 2 nitrogen and oxygen atoms in total. The molecule has 0 amide bonds. The fraction of sp³-hybridized carbons (Fsp3) is 0.364. The zero-order chi connectivity index (χ0) is 10.7. The Bertz CT molecular complexity index is 375. The molecule has 0 atom stereocenters. The lowest BCUT2D eigenvalue weighted by atomic mass is 10.4. The van der Waals surface area contributed by atoms with E-state index in [1.807, 2.05) is 24.3 Å². The van der Waals surface area contributed by atoms with Crippen LogP contribution < -0.4 is 5.73 Å². The van der Waals surface area contributed by atoms with Crippen LogP contribution in [0.25, 0.3) is 0 Å². The molecule has 1 saturated carbocycles. The highest BCUT2D eigenvalue weighted by atomic mass is 35.5. The Labute approximate surface area is 98.9 Å². The van der Waals surface area contributed by atoms with Crippen molar-refractivity contribution in [1.82, 2.24) is 0 Å². The highest BCUT2D eigenvalue weighted by molar-refractivity contribution is 8.00. The van der Waals surface area contributed by atoms with Gasteiger partial charge in [0.2, 0.25) is 0 Å². The van der Waals surface area contributed by atoms with E-state index in [0.717, 1.165) is 21.5 Å². The van der Waals surface area contributed by atoms with E-state index < -0.39 is 0 Å². The Balaban J connectivity index is 1.89. The summed E-state index contributed by atoms with van der Waals surface area (Å²) >= 11 is 7.66. The first-order valence-electron chi connectivity index (χ1n) is 4.95. The molecule has 0 bridgehead atoms. The quantitative estimate of drug-likeness (QED) is 0.499. The molecule has 0 radical (unpaired) electrons. The third-order valence-corrected chi connectivity index (χ3v) is 3.66. The van der Waals surface area contributed by atoms with E-state index in [9.17, 15) is 0 Å². The lowest BCUT2D eigenvalue weighted by Crippen LogP contribution is -2.15. The largest absolute Gasteiger partial charge is 0.387 e. The molecule has 0 aromatic heterocycles. The lowest BCUT2D eigenvalue weighted by molar-refractivity contribution is 1.06. The Morgan fingerprint density at radius 1 is 1.47 bits per heavy atom. The molecule has 0 unspecified atom stereocenters. The van der Waals surface area contributed by atoms with Crippen LogP contribution in [0, 0.1) is 0 Å². The number of aliphatic imine (C=N–C) groups is 1. The second-order valence-electron chi connectivity index (χ2n) is 3.57. The van der Waals surface area contributed by atoms with E-state index in [-0.39, 0.29) is 0 Å². The molecule has 1 aliphatic rings. The molecule has 2 N–H and O–H groups in total. The number of amidine groups is 1. The molecule has 0 saturated heterocycles. The van der Waals surface area contributed by atoms with Crippen LogP contribution in [-0.2, 0) is 0 Å². The maximum Gasteiger partial charge on any atom is 0.104 e. The molecule has 4 heteroatoms. The van der Waals surface area contributed by atoms with Gasteiger partial charge in [-0.05, 0) is 25.0 Å². The number of halogens is 1. The molecule has 1 aliphatic carbocycles. The van der Waals surface area contributed by atoms with E-state index in [0.29, 0.717) is 6.04 Å². The van der Waals surface area contributed by atoms with Crippen molar-refractivity contribution in [1.29, 1.82) is 0 Å². The summed E-state index contributed by atoms with van der Waals surface area (Å²) in [6, 6.07) is 8.28. The molecule has 1 aromatic rings. The van der Waals surface area contributed by atoms with Crippen LogP contribution in [0.2, 0.25) is 5.02 Å². The summed E-state index contributed by atoms with van der Waals surface area (Å²) in [5, 5.41) is 0.779. The van der Waals surface area contributed by atoms with Gasteiger partial charge in [0.05, 0.1) is 16.8 Å². The standard InChI is InChI=1S/C11H13ClN2S/c12-9-3-1-2-4-10(9)15-7-11(13)14-8-5-6-8/h1-4,8H,5-7H2,(H2,13,14). The lowest BCUT2D eigenvalue weighted by Gasteiger charge is -2.03. The number of hydrogen-bond acceptors (Lipinski definition) is 2. The van der Waals surface area contributed by atoms with E-state index in [2.05, 4.69) is 4.99 Å². The van der Waals surface area contributed by atoms with Crippen molar-refractivity contribution < 1.29 is 0 Å². The van der Waals surface area contributed by atoms with Gasteiger partial charge in [-0.1, -0.05) is 23.7 Å². The average Bonchev–Trinajstić information content (AvgIpc) is 3.00. The van der Waals surface area contributed by atoms with Crippen LogP contribution >= 0.6 is 23.4 Å². The van der Waals surface area contributed by atoms with Crippen LogP contribution in [0.1, 0.15) is 12.8 Å². The van der Waals surface area contributed by atoms with Gasteiger partial charge in [0.1, 0.15) is 5.84 Å². The van der Waals surface area contributed by atoms with Crippen molar-refractivity contribution in [2.75, 3.05) is 5.75 Å². The number of rotatable bonds is 4. The minimum Gasteiger partial charge on any atom is -0.387 e. The molecular formula is C11H13ClN2S.